The van der Waals surface area contributed by atoms with Crippen LogP contribution in [0.4, 0.5) is 0 Å². The van der Waals surface area contributed by atoms with Gasteiger partial charge in [0.1, 0.15) is 0 Å². The molecule has 6 N–H and O–H groups in total. The van der Waals surface area contributed by atoms with Crippen molar-refractivity contribution < 1.29 is 46.2 Å². The maximum absolute atomic E-state index is 8.39. The SMILES string of the molecule is O=[N+]([O-])O.O=[N+]([O-])O.O=[N+]([O-])O.OCCC(CO)CO. The normalized spacial score (nSPS) is 7.80. The van der Waals surface area contributed by atoms with Crippen molar-refractivity contribution in [2.75, 3.05) is 19.8 Å². The maximum atomic E-state index is 8.39. The summed E-state index contributed by atoms with van der Waals surface area (Å²) in [4.78, 5) is 25.1. The molecule has 0 heterocycles. The lowest BCUT2D eigenvalue weighted by molar-refractivity contribution is -0.742. The Bertz CT molecular complexity index is 203. The molecule has 0 amide bonds. The fraction of sp³-hybridized carbons (Fsp3) is 1.00. The van der Waals surface area contributed by atoms with Gasteiger partial charge in [-0.05, 0) is 6.42 Å². The molecule has 0 aromatic rings. The van der Waals surface area contributed by atoms with Crippen molar-refractivity contribution in [2.24, 2.45) is 5.92 Å². The Kier molecular flexibility index (Phi) is 28.4. The Morgan fingerprint density at radius 2 is 0.950 bits per heavy atom. The Labute approximate surface area is 110 Å². The van der Waals surface area contributed by atoms with Crippen LogP contribution in [0.25, 0.3) is 0 Å². The molecule has 20 heavy (non-hydrogen) atoms. The molecule has 0 atom stereocenters. The van der Waals surface area contributed by atoms with Gasteiger partial charge >= 0.3 is 0 Å². The summed E-state index contributed by atoms with van der Waals surface area (Å²) in [5.41, 5.74) is 0. The van der Waals surface area contributed by atoms with E-state index in [0.29, 0.717) is 6.42 Å². The second kappa shape index (κ2) is 21.7. The van der Waals surface area contributed by atoms with Crippen LogP contribution in [-0.2, 0) is 0 Å². The molecule has 0 bridgehead atoms. The minimum Gasteiger partial charge on any atom is -0.396 e. The van der Waals surface area contributed by atoms with Crippen molar-refractivity contribution in [3.63, 3.8) is 0 Å². The van der Waals surface area contributed by atoms with Gasteiger partial charge in [-0.3, -0.25) is 0 Å². The Hall–Kier alpha value is -2.52. The largest absolute Gasteiger partial charge is 0.396 e. The molecule has 15 nitrogen and oxygen atoms in total. The van der Waals surface area contributed by atoms with Gasteiger partial charge in [0.25, 0.3) is 15.3 Å². The molecule has 0 rings (SSSR count). The summed E-state index contributed by atoms with van der Waals surface area (Å²) in [6.07, 6.45) is 0.479. The molecule has 0 aliphatic heterocycles. The first-order chi connectivity index (χ1) is 9.04. The molecule has 0 radical (unpaired) electrons. The minimum atomic E-state index is -1.50. The van der Waals surface area contributed by atoms with Gasteiger partial charge < -0.3 is 30.9 Å². The molecule has 0 aliphatic carbocycles. The van der Waals surface area contributed by atoms with Gasteiger partial charge in [-0.25, -0.2) is 0 Å². The summed E-state index contributed by atoms with van der Waals surface area (Å²) < 4.78 is 0. The third kappa shape index (κ3) is 162. The van der Waals surface area contributed by atoms with E-state index in [1.807, 2.05) is 0 Å². The number of aliphatic hydroxyl groups is 3. The molecule has 0 unspecified atom stereocenters. The topological polar surface area (TPSA) is 251 Å². The minimum absolute atomic E-state index is 0.0335. The second-order valence-electron chi connectivity index (χ2n) is 2.46. The zero-order chi connectivity index (χ0) is 17.1. The molecule has 0 saturated carbocycles. The van der Waals surface area contributed by atoms with Crippen molar-refractivity contribution in [1.82, 2.24) is 0 Å². The summed E-state index contributed by atoms with van der Waals surface area (Å²) >= 11 is 0. The van der Waals surface area contributed by atoms with Gasteiger partial charge in [0, 0.05) is 25.7 Å². The quantitative estimate of drug-likeness (QED) is 0.242. The molecule has 0 aliphatic rings. The van der Waals surface area contributed by atoms with E-state index in [-0.39, 0.29) is 25.7 Å². The molecule has 0 fully saturated rings. The van der Waals surface area contributed by atoms with E-state index in [4.69, 9.17) is 61.3 Å². The van der Waals surface area contributed by atoms with Gasteiger partial charge in [0.2, 0.25) is 0 Å². The summed E-state index contributed by atoms with van der Waals surface area (Å²) in [6.45, 7) is -0.0556. The fourth-order valence-corrected chi connectivity index (χ4v) is 0.423. The van der Waals surface area contributed by atoms with E-state index in [0.717, 1.165) is 0 Å². The Morgan fingerprint density at radius 1 is 0.750 bits per heavy atom. The standard InChI is InChI=1S/C5H12O3.3HNO3/c6-2-1-5(3-7)4-8;3*2-1(3)4/h5-8H,1-4H2;3*(H,2,3,4). The van der Waals surface area contributed by atoms with Crippen molar-refractivity contribution in [1.29, 1.82) is 0 Å². The lowest BCUT2D eigenvalue weighted by atomic mass is 10.1. The third-order valence-electron chi connectivity index (χ3n) is 1.05. The fourth-order valence-electron chi connectivity index (χ4n) is 0.423. The van der Waals surface area contributed by atoms with E-state index in [9.17, 15) is 0 Å². The zero-order valence-corrected chi connectivity index (χ0v) is 9.88. The highest BCUT2D eigenvalue weighted by molar-refractivity contribution is 4.52. The first-order valence-electron chi connectivity index (χ1n) is 4.37. The average molecular weight is 309 g/mol. The summed E-state index contributed by atoms with van der Waals surface area (Å²) in [7, 11) is 0. The second-order valence-corrected chi connectivity index (χ2v) is 2.46. The number of nitrogens with zero attached hydrogens (tertiary/aromatic N) is 3. The van der Waals surface area contributed by atoms with E-state index in [1.165, 1.54) is 0 Å². The Morgan fingerprint density at radius 3 is 1.00 bits per heavy atom. The molecule has 0 saturated heterocycles. The molecule has 0 aromatic heterocycles. The van der Waals surface area contributed by atoms with E-state index < -0.39 is 15.3 Å². The molecular weight excluding hydrogens is 294 g/mol. The van der Waals surface area contributed by atoms with Crippen LogP contribution in [0, 0.1) is 36.3 Å². The van der Waals surface area contributed by atoms with Crippen LogP contribution in [0.15, 0.2) is 0 Å². The van der Waals surface area contributed by atoms with E-state index in [1.54, 1.807) is 0 Å². The molecule has 0 aromatic carbocycles. The van der Waals surface area contributed by atoms with Crippen LogP contribution in [0.2, 0.25) is 0 Å². The molecule has 15 heteroatoms. The predicted molar refractivity (Wildman–Crippen MR) is 55.7 cm³/mol. The van der Waals surface area contributed by atoms with Crippen molar-refractivity contribution >= 4 is 0 Å². The lowest BCUT2D eigenvalue weighted by Gasteiger charge is -2.06. The summed E-state index contributed by atoms with van der Waals surface area (Å²) in [5.74, 6) is -0.139. The van der Waals surface area contributed by atoms with Crippen LogP contribution in [0.1, 0.15) is 6.42 Å². The summed E-state index contributed by atoms with van der Waals surface area (Å²) in [5, 5.41) is 66.0. The average Bonchev–Trinajstić information content (AvgIpc) is 2.23. The summed E-state index contributed by atoms with van der Waals surface area (Å²) in [6, 6.07) is 0. The van der Waals surface area contributed by atoms with Crippen molar-refractivity contribution in [3.8, 4) is 0 Å². The highest BCUT2D eigenvalue weighted by Gasteiger charge is 2.02. The highest BCUT2D eigenvalue weighted by Crippen LogP contribution is 1.97. The van der Waals surface area contributed by atoms with Gasteiger partial charge in [-0.15, -0.1) is 30.3 Å². The van der Waals surface area contributed by atoms with Crippen LogP contribution < -0.4 is 0 Å². The van der Waals surface area contributed by atoms with Crippen LogP contribution in [0.3, 0.4) is 0 Å². The number of aliphatic hydroxyl groups excluding tert-OH is 3. The smallest absolute Gasteiger partial charge is 0.291 e. The maximum Gasteiger partial charge on any atom is 0.291 e. The molecule has 0 spiro atoms. The molecular formula is C5H15N3O12. The number of rotatable bonds is 4. The lowest BCUT2D eigenvalue weighted by Crippen LogP contribution is -2.12. The van der Waals surface area contributed by atoms with Crippen LogP contribution >= 0.6 is 0 Å². The van der Waals surface area contributed by atoms with Crippen LogP contribution in [0.5, 0.6) is 0 Å². The Balaban J connectivity index is -0.0000000917. The van der Waals surface area contributed by atoms with E-state index >= 15 is 0 Å². The van der Waals surface area contributed by atoms with Crippen molar-refractivity contribution in [3.05, 3.63) is 30.3 Å². The third-order valence-corrected chi connectivity index (χ3v) is 1.05. The number of hydrogen-bond donors (Lipinski definition) is 6. The predicted octanol–water partition coefficient (Wildman–Crippen LogP) is -2.07. The van der Waals surface area contributed by atoms with E-state index in [2.05, 4.69) is 0 Å². The molecule has 122 valence electrons. The van der Waals surface area contributed by atoms with Gasteiger partial charge in [-0.2, -0.15) is 0 Å². The first-order valence-corrected chi connectivity index (χ1v) is 4.37. The highest BCUT2D eigenvalue weighted by atomic mass is 16.9. The first kappa shape index (κ1) is 26.1. The monoisotopic (exact) mass is 309 g/mol. The van der Waals surface area contributed by atoms with Gasteiger partial charge in [-0.1, -0.05) is 0 Å². The number of hydrogen-bond acceptors (Lipinski definition) is 9. The van der Waals surface area contributed by atoms with Gasteiger partial charge in [0.05, 0.1) is 0 Å². The van der Waals surface area contributed by atoms with Crippen LogP contribution in [-0.4, -0.2) is 66.0 Å². The van der Waals surface area contributed by atoms with Crippen molar-refractivity contribution in [2.45, 2.75) is 6.42 Å². The zero-order valence-electron chi connectivity index (χ0n) is 9.88. The van der Waals surface area contributed by atoms with Gasteiger partial charge in [0.15, 0.2) is 0 Å².